The molecule has 8 nitrogen and oxygen atoms in total. The number of allylic oxidation sites excluding steroid dienone is 1. The van der Waals surface area contributed by atoms with Gasteiger partial charge in [0.1, 0.15) is 22.3 Å². The van der Waals surface area contributed by atoms with Crippen LogP contribution in [0.3, 0.4) is 0 Å². The maximum atomic E-state index is 13.3. The van der Waals surface area contributed by atoms with Gasteiger partial charge in [-0.3, -0.25) is 4.79 Å². The summed E-state index contributed by atoms with van der Waals surface area (Å²) in [5.74, 6) is -2.25. The molecule has 0 bridgehead atoms. The summed E-state index contributed by atoms with van der Waals surface area (Å²) < 4.78 is 15.8. The van der Waals surface area contributed by atoms with Gasteiger partial charge in [0.2, 0.25) is 11.8 Å². The number of nitrogens with one attached hydrogen (secondary N) is 1. The molecular formula is C20H22N2O6. The van der Waals surface area contributed by atoms with E-state index in [1.165, 1.54) is 7.11 Å². The second kappa shape index (κ2) is 7.38. The van der Waals surface area contributed by atoms with Gasteiger partial charge < -0.3 is 25.3 Å². The van der Waals surface area contributed by atoms with Crippen LogP contribution < -0.4 is 11.1 Å². The van der Waals surface area contributed by atoms with Crippen LogP contribution in [0.15, 0.2) is 47.1 Å². The molecule has 2 heterocycles. The predicted molar refractivity (Wildman–Crippen MR) is 99.6 cm³/mol. The molecular weight excluding hydrogens is 364 g/mol. The number of nitrogens with two attached hydrogens (primary N) is 1. The molecule has 1 aromatic carbocycles. The maximum absolute atomic E-state index is 13.3. The van der Waals surface area contributed by atoms with Crippen molar-refractivity contribution in [1.29, 1.82) is 0 Å². The predicted octanol–water partition coefficient (Wildman–Crippen LogP) is 1.87. The number of hydrogen-bond donors (Lipinski definition) is 2. The molecule has 2 aliphatic rings. The number of esters is 2. The highest BCUT2D eigenvalue weighted by Gasteiger charge is 2.61. The molecule has 2 aliphatic heterocycles. The summed E-state index contributed by atoms with van der Waals surface area (Å²) in [6, 6.07) is 6.80. The van der Waals surface area contributed by atoms with E-state index >= 15 is 0 Å². The van der Waals surface area contributed by atoms with Gasteiger partial charge in [-0.25, -0.2) is 9.59 Å². The Morgan fingerprint density at radius 2 is 1.89 bits per heavy atom. The smallest absolute Gasteiger partial charge is 0.340 e. The molecule has 1 spiro atoms. The fourth-order valence-electron chi connectivity index (χ4n) is 3.74. The quantitative estimate of drug-likeness (QED) is 0.742. The van der Waals surface area contributed by atoms with Crippen molar-refractivity contribution in [2.45, 2.75) is 32.1 Å². The molecule has 3 rings (SSSR count). The summed E-state index contributed by atoms with van der Waals surface area (Å²) in [7, 11) is 1.17. The number of fused-ring (bicyclic) bond motifs is 2. The minimum Gasteiger partial charge on any atom is -0.465 e. The van der Waals surface area contributed by atoms with Gasteiger partial charge in [0.25, 0.3) is 0 Å². The van der Waals surface area contributed by atoms with Crippen molar-refractivity contribution in [1.82, 2.24) is 0 Å². The van der Waals surface area contributed by atoms with Crippen LogP contribution in [0.25, 0.3) is 0 Å². The Morgan fingerprint density at radius 1 is 1.18 bits per heavy atom. The summed E-state index contributed by atoms with van der Waals surface area (Å²) in [5, 5.41) is 2.74. The molecule has 1 atom stereocenters. The summed E-state index contributed by atoms with van der Waals surface area (Å²) >= 11 is 0. The Labute approximate surface area is 162 Å². The normalized spacial score (nSPS) is 20.6. The van der Waals surface area contributed by atoms with Crippen LogP contribution in [0.2, 0.25) is 0 Å². The molecule has 148 valence electrons. The van der Waals surface area contributed by atoms with Gasteiger partial charge in [-0.15, -0.1) is 0 Å². The molecule has 0 aliphatic carbocycles. The van der Waals surface area contributed by atoms with Gasteiger partial charge in [0.05, 0.1) is 13.7 Å². The first-order chi connectivity index (χ1) is 13.4. The van der Waals surface area contributed by atoms with Crippen molar-refractivity contribution >= 4 is 23.5 Å². The standard InChI is InChI=1S/C20H22N2O6/c1-4-8-13-14(18(24)27-5-2)20(15(16(21)28-13)17(23)26-3)11-9-6-7-10-12(11)22-19(20)25/h6-7,9-10H,4-5,8,21H2,1-3H3,(H,22,25)/t20-/m0/s1. The van der Waals surface area contributed by atoms with E-state index in [4.69, 9.17) is 19.9 Å². The number of carbonyl (C=O) groups excluding carboxylic acids is 3. The lowest BCUT2D eigenvalue weighted by atomic mass is 9.67. The minimum absolute atomic E-state index is 0.0479. The number of rotatable bonds is 5. The van der Waals surface area contributed by atoms with Gasteiger partial charge in [-0.2, -0.15) is 0 Å². The van der Waals surface area contributed by atoms with Crippen molar-refractivity contribution in [3.05, 3.63) is 52.6 Å². The molecule has 1 aromatic rings. The highest BCUT2D eigenvalue weighted by atomic mass is 16.5. The Hall–Kier alpha value is -3.29. The lowest BCUT2D eigenvalue weighted by Crippen LogP contribution is -2.48. The highest BCUT2D eigenvalue weighted by Crippen LogP contribution is 2.52. The lowest BCUT2D eigenvalue weighted by Gasteiger charge is -2.36. The number of methoxy groups -OCH3 is 1. The van der Waals surface area contributed by atoms with E-state index in [9.17, 15) is 14.4 Å². The number of carbonyl (C=O) groups is 3. The maximum Gasteiger partial charge on any atom is 0.340 e. The first-order valence-corrected chi connectivity index (χ1v) is 9.01. The first-order valence-electron chi connectivity index (χ1n) is 9.01. The Bertz CT molecular complexity index is 917. The monoisotopic (exact) mass is 386 g/mol. The van der Waals surface area contributed by atoms with Crippen LogP contribution >= 0.6 is 0 Å². The molecule has 0 unspecified atom stereocenters. The molecule has 0 radical (unpaired) electrons. The molecule has 1 amide bonds. The second-order valence-electron chi connectivity index (χ2n) is 6.35. The molecule has 8 heteroatoms. The third kappa shape index (κ3) is 2.64. The zero-order chi connectivity index (χ0) is 20.5. The second-order valence-corrected chi connectivity index (χ2v) is 6.35. The van der Waals surface area contributed by atoms with Crippen molar-refractivity contribution in [2.24, 2.45) is 5.73 Å². The zero-order valence-electron chi connectivity index (χ0n) is 16.0. The first kappa shape index (κ1) is 19.5. The van der Waals surface area contributed by atoms with E-state index in [-0.39, 0.29) is 29.4 Å². The van der Waals surface area contributed by atoms with Crippen molar-refractivity contribution in [2.75, 3.05) is 19.0 Å². The number of amides is 1. The van der Waals surface area contributed by atoms with Crippen molar-refractivity contribution in [3.8, 4) is 0 Å². The number of anilines is 1. The van der Waals surface area contributed by atoms with E-state index in [0.29, 0.717) is 24.1 Å². The third-order valence-electron chi connectivity index (χ3n) is 4.77. The summed E-state index contributed by atoms with van der Waals surface area (Å²) in [6.07, 6.45) is 0.957. The summed E-state index contributed by atoms with van der Waals surface area (Å²) in [6.45, 7) is 3.64. The highest BCUT2D eigenvalue weighted by molar-refractivity contribution is 6.21. The molecule has 0 aromatic heterocycles. The van der Waals surface area contributed by atoms with Crippen LogP contribution in [0.1, 0.15) is 32.3 Å². The van der Waals surface area contributed by atoms with E-state index in [2.05, 4.69) is 5.32 Å². The Morgan fingerprint density at radius 3 is 2.54 bits per heavy atom. The number of hydrogen-bond acceptors (Lipinski definition) is 7. The Balaban J connectivity index is 2.42. The fraction of sp³-hybridized carbons (Fsp3) is 0.350. The van der Waals surface area contributed by atoms with Gasteiger partial charge in [-0.1, -0.05) is 25.1 Å². The van der Waals surface area contributed by atoms with E-state index < -0.39 is 23.3 Å². The largest absolute Gasteiger partial charge is 0.465 e. The topological polar surface area (TPSA) is 117 Å². The van der Waals surface area contributed by atoms with Crippen molar-refractivity contribution in [3.63, 3.8) is 0 Å². The van der Waals surface area contributed by atoms with Gasteiger partial charge in [0.15, 0.2) is 0 Å². The fourth-order valence-corrected chi connectivity index (χ4v) is 3.74. The SMILES string of the molecule is CCCC1=C(C(=O)OCC)[C@]2(C(=O)Nc3ccccc32)C(C(=O)OC)=C(N)O1. The molecule has 0 saturated carbocycles. The molecule has 0 fully saturated rings. The van der Waals surface area contributed by atoms with Crippen LogP contribution in [0, 0.1) is 0 Å². The van der Waals surface area contributed by atoms with Gasteiger partial charge in [-0.05, 0) is 19.4 Å². The molecule has 3 N–H and O–H groups in total. The van der Waals surface area contributed by atoms with Gasteiger partial charge in [0, 0.05) is 17.7 Å². The number of ether oxygens (including phenoxy) is 3. The summed E-state index contributed by atoms with van der Waals surface area (Å²) in [5.41, 5.74) is 4.88. The minimum atomic E-state index is -1.80. The van der Waals surface area contributed by atoms with Crippen molar-refractivity contribution < 1.29 is 28.6 Å². The van der Waals surface area contributed by atoms with E-state index in [0.717, 1.165) is 0 Å². The summed E-state index contributed by atoms with van der Waals surface area (Å²) in [4.78, 5) is 39.0. The average molecular weight is 386 g/mol. The lowest BCUT2D eigenvalue weighted by molar-refractivity contribution is -0.142. The molecule has 28 heavy (non-hydrogen) atoms. The van der Waals surface area contributed by atoms with Crippen LogP contribution in [0.4, 0.5) is 5.69 Å². The average Bonchev–Trinajstić information content (AvgIpc) is 2.94. The van der Waals surface area contributed by atoms with Crippen LogP contribution in [-0.4, -0.2) is 31.6 Å². The third-order valence-corrected chi connectivity index (χ3v) is 4.77. The number of para-hydroxylation sites is 1. The van der Waals surface area contributed by atoms with Gasteiger partial charge >= 0.3 is 11.9 Å². The number of benzene rings is 1. The zero-order valence-corrected chi connectivity index (χ0v) is 16.0. The van der Waals surface area contributed by atoms with E-state index in [1.807, 2.05) is 6.92 Å². The van der Waals surface area contributed by atoms with E-state index in [1.54, 1.807) is 31.2 Å². The Kier molecular flexibility index (Phi) is 5.13. The molecule has 0 saturated heterocycles. The van der Waals surface area contributed by atoms with Crippen LogP contribution in [0.5, 0.6) is 0 Å². The van der Waals surface area contributed by atoms with Crippen LogP contribution in [-0.2, 0) is 34.0 Å².